The van der Waals surface area contributed by atoms with Gasteiger partial charge in [-0.1, -0.05) is 6.42 Å². The molecule has 0 aliphatic carbocycles. The maximum absolute atomic E-state index is 12.2. The van der Waals surface area contributed by atoms with Crippen LogP contribution < -0.4 is 0 Å². The number of furan rings is 1. The summed E-state index contributed by atoms with van der Waals surface area (Å²) in [5.74, 6) is 1.90. The molecule has 0 radical (unpaired) electrons. The van der Waals surface area contributed by atoms with Crippen LogP contribution in [0.2, 0.25) is 0 Å². The van der Waals surface area contributed by atoms with E-state index in [1.165, 1.54) is 6.26 Å². The molecule has 0 saturated carbocycles. The van der Waals surface area contributed by atoms with Gasteiger partial charge in [-0.15, -0.1) is 0 Å². The highest BCUT2D eigenvalue weighted by Gasteiger charge is 2.46. The van der Waals surface area contributed by atoms with Crippen molar-refractivity contribution in [2.24, 2.45) is 0 Å². The van der Waals surface area contributed by atoms with Crippen molar-refractivity contribution in [2.45, 2.75) is 51.1 Å². The third kappa shape index (κ3) is 3.24. The molecule has 2 aliphatic heterocycles. The van der Waals surface area contributed by atoms with E-state index in [-0.39, 0.29) is 5.54 Å². The summed E-state index contributed by atoms with van der Waals surface area (Å²) in [4.78, 5) is 2.35. The first-order valence-electron chi connectivity index (χ1n) is 8.15. The molecule has 0 amide bonds. The van der Waals surface area contributed by atoms with Gasteiger partial charge < -0.3 is 4.42 Å². The van der Waals surface area contributed by atoms with Crippen LogP contribution in [0.5, 0.6) is 0 Å². The molecule has 1 aromatic rings. The lowest BCUT2D eigenvalue weighted by atomic mass is 9.81. The normalized spacial score (nSPS) is 28.3. The predicted octanol–water partition coefficient (Wildman–Crippen LogP) is 2.37. The maximum atomic E-state index is 12.2. The SMILES string of the molecule is Cc1ccc(CN2CCCC3(CCCCN3S(C)(=O)=O)C2)o1. The Morgan fingerprint density at radius 3 is 2.64 bits per heavy atom. The van der Waals surface area contributed by atoms with Crippen LogP contribution in [0, 0.1) is 6.92 Å². The van der Waals surface area contributed by atoms with Crippen LogP contribution in [-0.4, -0.2) is 49.1 Å². The Labute approximate surface area is 133 Å². The Hall–Kier alpha value is -0.850. The molecular formula is C16H26N2O3S. The zero-order chi connectivity index (χ0) is 15.8. The molecule has 1 spiro atoms. The largest absolute Gasteiger partial charge is 0.465 e. The van der Waals surface area contributed by atoms with Gasteiger partial charge in [0.05, 0.1) is 12.8 Å². The quantitative estimate of drug-likeness (QED) is 0.856. The fourth-order valence-corrected chi connectivity index (χ4v) is 5.53. The number of nitrogens with zero attached hydrogens (tertiary/aromatic N) is 2. The van der Waals surface area contributed by atoms with Gasteiger partial charge in [-0.3, -0.25) is 4.90 Å². The molecule has 3 rings (SSSR count). The Morgan fingerprint density at radius 1 is 1.18 bits per heavy atom. The molecule has 2 aliphatic rings. The molecule has 1 unspecified atom stereocenters. The molecule has 6 heteroatoms. The second-order valence-corrected chi connectivity index (χ2v) is 8.75. The molecule has 2 fully saturated rings. The summed E-state index contributed by atoms with van der Waals surface area (Å²) >= 11 is 0. The first kappa shape index (κ1) is 16.0. The van der Waals surface area contributed by atoms with Crippen molar-refractivity contribution in [3.63, 3.8) is 0 Å². The first-order valence-corrected chi connectivity index (χ1v) is 9.99. The van der Waals surface area contributed by atoms with Gasteiger partial charge in [0.25, 0.3) is 0 Å². The maximum Gasteiger partial charge on any atom is 0.211 e. The zero-order valence-electron chi connectivity index (χ0n) is 13.5. The van der Waals surface area contributed by atoms with Gasteiger partial charge >= 0.3 is 0 Å². The second kappa shape index (κ2) is 5.98. The number of piperidine rings is 2. The molecule has 0 N–H and O–H groups in total. The van der Waals surface area contributed by atoms with E-state index >= 15 is 0 Å². The van der Waals surface area contributed by atoms with Crippen LogP contribution in [-0.2, 0) is 16.6 Å². The number of likely N-dealkylation sites (tertiary alicyclic amines) is 1. The number of sulfonamides is 1. The van der Waals surface area contributed by atoms with Crippen LogP contribution in [0.4, 0.5) is 0 Å². The summed E-state index contributed by atoms with van der Waals surface area (Å²) < 4.78 is 31.9. The number of rotatable bonds is 3. The van der Waals surface area contributed by atoms with Gasteiger partial charge in [-0.25, -0.2) is 8.42 Å². The molecular weight excluding hydrogens is 300 g/mol. The summed E-state index contributed by atoms with van der Waals surface area (Å²) in [7, 11) is -3.14. The number of hydrogen-bond donors (Lipinski definition) is 0. The minimum absolute atomic E-state index is 0.203. The predicted molar refractivity (Wildman–Crippen MR) is 86.1 cm³/mol. The molecule has 1 aromatic heterocycles. The van der Waals surface area contributed by atoms with Crippen LogP contribution in [0.1, 0.15) is 43.6 Å². The fourth-order valence-electron chi connectivity index (χ4n) is 4.13. The smallest absolute Gasteiger partial charge is 0.211 e. The van der Waals surface area contributed by atoms with Crippen LogP contribution in [0.25, 0.3) is 0 Å². The zero-order valence-corrected chi connectivity index (χ0v) is 14.4. The molecule has 0 aromatic carbocycles. The van der Waals surface area contributed by atoms with Crippen LogP contribution >= 0.6 is 0 Å². The lowest BCUT2D eigenvalue weighted by molar-refractivity contribution is 0.0309. The van der Waals surface area contributed by atoms with Crippen LogP contribution in [0.3, 0.4) is 0 Å². The monoisotopic (exact) mass is 326 g/mol. The van der Waals surface area contributed by atoms with Crippen molar-refractivity contribution in [2.75, 3.05) is 25.9 Å². The van der Waals surface area contributed by atoms with Gasteiger partial charge in [0, 0.05) is 18.6 Å². The average Bonchev–Trinajstić information content (AvgIpc) is 2.83. The van der Waals surface area contributed by atoms with E-state index < -0.39 is 10.0 Å². The lowest BCUT2D eigenvalue weighted by Gasteiger charge is -2.50. The Morgan fingerprint density at radius 2 is 1.95 bits per heavy atom. The number of aryl methyl sites for hydroxylation is 1. The highest BCUT2D eigenvalue weighted by atomic mass is 32.2. The Kier molecular flexibility index (Phi) is 4.36. The van der Waals surface area contributed by atoms with Crippen molar-refractivity contribution in [3.8, 4) is 0 Å². The summed E-state index contributed by atoms with van der Waals surface area (Å²) in [6, 6.07) is 4.00. The minimum atomic E-state index is -3.14. The third-order valence-corrected chi connectivity index (χ3v) is 6.36. The molecule has 22 heavy (non-hydrogen) atoms. The highest BCUT2D eigenvalue weighted by Crippen LogP contribution is 2.38. The summed E-state index contributed by atoms with van der Waals surface area (Å²) in [6.45, 7) is 5.23. The molecule has 0 bridgehead atoms. The van der Waals surface area contributed by atoms with E-state index in [9.17, 15) is 8.42 Å². The molecule has 3 heterocycles. The van der Waals surface area contributed by atoms with Gasteiger partial charge in [-0.2, -0.15) is 4.31 Å². The topological polar surface area (TPSA) is 53.8 Å². The first-order chi connectivity index (χ1) is 10.4. The standard InChI is InChI=1S/C16H26N2O3S/c1-14-6-7-15(21-14)12-17-10-5-9-16(13-17)8-3-4-11-18(16)22(2,19)20/h6-7H,3-5,8-13H2,1-2H3. The molecule has 5 nitrogen and oxygen atoms in total. The van der Waals surface area contributed by atoms with E-state index in [2.05, 4.69) is 4.90 Å². The van der Waals surface area contributed by atoms with E-state index in [0.717, 1.165) is 63.3 Å². The Bertz CT molecular complexity index is 621. The van der Waals surface area contributed by atoms with Crippen molar-refractivity contribution < 1.29 is 12.8 Å². The lowest BCUT2D eigenvalue weighted by Crippen LogP contribution is -2.61. The van der Waals surface area contributed by atoms with Gasteiger partial charge in [0.2, 0.25) is 10.0 Å². The van der Waals surface area contributed by atoms with Crippen molar-refractivity contribution in [1.82, 2.24) is 9.21 Å². The Balaban J connectivity index is 1.78. The van der Waals surface area contributed by atoms with E-state index in [1.54, 1.807) is 4.31 Å². The minimum Gasteiger partial charge on any atom is -0.465 e. The van der Waals surface area contributed by atoms with Gasteiger partial charge in [-0.05, 0) is 51.3 Å². The molecule has 124 valence electrons. The van der Waals surface area contributed by atoms with Crippen molar-refractivity contribution >= 4 is 10.0 Å². The summed E-state index contributed by atoms with van der Waals surface area (Å²) in [5.41, 5.74) is -0.203. The van der Waals surface area contributed by atoms with E-state index in [1.807, 2.05) is 19.1 Å². The van der Waals surface area contributed by atoms with Gasteiger partial charge in [0.15, 0.2) is 0 Å². The average molecular weight is 326 g/mol. The van der Waals surface area contributed by atoms with Gasteiger partial charge in [0.1, 0.15) is 11.5 Å². The van der Waals surface area contributed by atoms with Crippen molar-refractivity contribution in [3.05, 3.63) is 23.7 Å². The van der Waals surface area contributed by atoms with Crippen molar-refractivity contribution in [1.29, 1.82) is 0 Å². The fraction of sp³-hybridized carbons (Fsp3) is 0.750. The highest BCUT2D eigenvalue weighted by molar-refractivity contribution is 7.88. The molecule has 1 atom stereocenters. The van der Waals surface area contributed by atoms with E-state index in [0.29, 0.717) is 6.54 Å². The summed E-state index contributed by atoms with van der Waals surface area (Å²) in [6.07, 6.45) is 6.47. The molecule has 2 saturated heterocycles. The number of hydrogen-bond acceptors (Lipinski definition) is 4. The second-order valence-electron chi connectivity index (χ2n) is 6.84. The van der Waals surface area contributed by atoms with E-state index in [4.69, 9.17) is 4.42 Å². The van der Waals surface area contributed by atoms with Crippen LogP contribution in [0.15, 0.2) is 16.5 Å². The third-order valence-electron chi connectivity index (χ3n) is 4.99. The summed E-state index contributed by atoms with van der Waals surface area (Å²) in [5, 5.41) is 0.